The highest BCUT2D eigenvalue weighted by molar-refractivity contribution is 6.18. The highest BCUT2D eigenvalue weighted by Crippen LogP contribution is 2.20. The van der Waals surface area contributed by atoms with Gasteiger partial charge in [-0.05, 0) is 12.1 Å². The first-order valence-corrected chi connectivity index (χ1v) is 5.61. The molecular formula is C11H11ClF3NO2. The predicted octanol–water partition coefficient (Wildman–Crippen LogP) is 2.48. The Morgan fingerprint density at radius 3 is 2.61 bits per heavy atom. The Kier molecular flexibility index (Phi) is 5.27. The maximum Gasteiger partial charge on any atom is 0.257 e. The number of carbonyl (C=O) groups excluding carboxylic acids is 1. The van der Waals surface area contributed by atoms with Crippen LogP contribution in [0.3, 0.4) is 0 Å². The third-order valence-corrected chi connectivity index (χ3v) is 2.36. The molecular weight excluding hydrogens is 271 g/mol. The van der Waals surface area contributed by atoms with Gasteiger partial charge in [0.15, 0.2) is 0 Å². The predicted molar refractivity (Wildman–Crippen MR) is 60.7 cm³/mol. The molecule has 0 aromatic heterocycles. The molecule has 0 saturated carbocycles. The molecule has 1 aromatic rings. The van der Waals surface area contributed by atoms with E-state index in [1.165, 1.54) is 0 Å². The van der Waals surface area contributed by atoms with Crippen molar-refractivity contribution in [2.75, 3.05) is 19.0 Å². The van der Waals surface area contributed by atoms with Crippen molar-refractivity contribution in [3.05, 3.63) is 29.6 Å². The summed E-state index contributed by atoms with van der Waals surface area (Å²) < 4.78 is 37.3. The van der Waals surface area contributed by atoms with E-state index in [0.717, 1.165) is 23.1 Å². The maximum atomic E-state index is 12.7. The molecule has 0 fully saturated rings. The maximum absolute atomic E-state index is 12.7. The number of hydrogen-bond donors (Lipinski definition) is 1. The molecule has 0 bridgehead atoms. The van der Waals surface area contributed by atoms with E-state index < -0.39 is 30.4 Å². The van der Waals surface area contributed by atoms with Crippen LogP contribution < -0.4 is 0 Å². The van der Waals surface area contributed by atoms with Crippen LogP contribution in [0, 0.1) is 5.82 Å². The Bertz CT molecular complexity index is 429. The Balaban J connectivity index is 2.94. The van der Waals surface area contributed by atoms with Crippen molar-refractivity contribution in [1.82, 2.24) is 4.90 Å². The van der Waals surface area contributed by atoms with E-state index in [-0.39, 0.29) is 18.0 Å². The van der Waals surface area contributed by atoms with Crippen molar-refractivity contribution < 1.29 is 23.1 Å². The van der Waals surface area contributed by atoms with Crippen molar-refractivity contribution in [1.29, 1.82) is 0 Å². The average molecular weight is 282 g/mol. The van der Waals surface area contributed by atoms with E-state index in [9.17, 15) is 23.1 Å². The molecule has 1 aromatic carbocycles. The van der Waals surface area contributed by atoms with Gasteiger partial charge in [-0.15, -0.1) is 11.6 Å². The molecule has 0 unspecified atom stereocenters. The quantitative estimate of drug-likeness (QED) is 0.843. The van der Waals surface area contributed by atoms with Gasteiger partial charge in [-0.1, -0.05) is 0 Å². The van der Waals surface area contributed by atoms with Crippen LogP contribution in [-0.4, -0.2) is 41.3 Å². The van der Waals surface area contributed by atoms with Gasteiger partial charge in [0.25, 0.3) is 12.3 Å². The van der Waals surface area contributed by atoms with Gasteiger partial charge in [0.2, 0.25) is 0 Å². The van der Waals surface area contributed by atoms with Crippen LogP contribution in [0.25, 0.3) is 0 Å². The molecule has 7 heteroatoms. The summed E-state index contributed by atoms with van der Waals surface area (Å²) in [5.74, 6) is -2.13. The number of carbonyl (C=O) groups is 1. The van der Waals surface area contributed by atoms with Gasteiger partial charge in [-0.3, -0.25) is 4.79 Å². The zero-order valence-corrected chi connectivity index (χ0v) is 10.0. The van der Waals surface area contributed by atoms with Gasteiger partial charge in [0.1, 0.15) is 11.6 Å². The van der Waals surface area contributed by atoms with Crippen LogP contribution in [0.15, 0.2) is 18.2 Å². The molecule has 0 saturated heterocycles. The molecule has 0 aliphatic carbocycles. The van der Waals surface area contributed by atoms with E-state index in [2.05, 4.69) is 0 Å². The number of alkyl halides is 3. The Morgan fingerprint density at radius 1 is 1.44 bits per heavy atom. The van der Waals surface area contributed by atoms with Crippen LogP contribution in [0.5, 0.6) is 5.75 Å². The molecule has 1 amide bonds. The van der Waals surface area contributed by atoms with Gasteiger partial charge >= 0.3 is 0 Å². The lowest BCUT2D eigenvalue weighted by Gasteiger charge is -2.21. The monoisotopic (exact) mass is 281 g/mol. The standard InChI is InChI=1S/C11H11ClF3NO2/c12-3-4-16(6-10(14)15)11(18)8-2-1-7(13)5-9(8)17/h1-2,5,10,17H,3-4,6H2. The summed E-state index contributed by atoms with van der Waals surface area (Å²) >= 11 is 5.41. The number of benzene rings is 1. The molecule has 0 atom stereocenters. The van der Waals surface area contributed by atoms with Crippen molar-refractivity contribution in [3.63, 3.8) is 0 Å². The molecule has 0 spiro atoms. The first-order chi connectivity index (χ1) is 8.45. The van der Waals surface area contributed by atoms with Gasteiger partial charge in [-0.2, -0.15) is 0 Å². The number of rotatable bonds is 5. The van der Waals surface area contributed by atoms with Crippen LogP contribution in [0.4, 0.5) is 13.2 Å². The molecule has 100 valence electrons. The topological polar surface area (TPSA) is 40.5 Å². The zero-order valence-electron chi connectivity index (χ0n) is 9.25. The number of amides is 1. The summed E-state index contributed by atoms with van der Waals surface area (Å²) in [5, 5.41) is 9.41. The number of nitrogens with zero attached hydrogens (tertiary/aromatic N) is 1. The fourth-order valence-electron chi connectivity index (χ4n) is 1.40. The fraction of sp³-hybridized carbons (Fsp3) is 0.364. The van der Waals surface area contributed by atoms with Crippen LogP contribution >= 0.6 is 11.6 Å². The third-order valence-electron chi connectivity index (χ3n) is 2.19. The van der Waals surface area contributed by atoms with Crippen LogP contribution in [-0.2, 0) is 0 Å². The highest BCUT2D eigenvalue weighted by Gasteiger charge is 2.21. The lowest BCUT2D eigenvalue weighted by atomic mass is 10.1. The smallest absolute Gasteiger partial charge is 0.257 e. The molecule has 0 heterocycles. The summed E-state index contributed by atoms with van der Waals surface area (Å²) in [6, 6.07) is 2.75. The number of aromatic hydroxyl groups is 1. The second kappa shape index (κ2) is 6.49. The minimum atomic E-state index is -2.71. The van der Waals surface area contributed by atoms with Gasteiger partial charge in [0, 0.05) is 18.5 Å². The number of hydrogen-bond acceptors (Lipinski definition) is 2. The second-order valence-corrected chi connectivity index (χ2v) is 3.87. The van der Waals surface area contributed by atoms with Crippen LogP contribution in [0.1, 0.15) is 10.4 Å². The van der Waals surface area contributed by atoms with E-state index in [0.29, 0.717) is 0 Å². The summed E-state index contributed by atoms with van der Waals surface area (Å²) in [7, 11) is 0. The summed E-state index contributed by atoms with van der Waals surface area (Å²) in [6.07, 6.45) is -2.71. The second-order valence-electron chi connectivity index (χ2n) is 3.49. The lowest BCUT2D eigenvalue weighted by molar-refractivity contribution is 0.0568. The molecule has 0 aliphatic heterocycles. The molecule has 3 nitrogen and oxygen atoms in total. The van der Waals surface area contributed by atoms with Crippen molar-refractivity contribution in [2.24, 2.45) is 0 Å². The van der Waals surface area contributed by atoms with Gasteiger partial charge in [0.05, 0.1) is 12.1 Å². The summed E-state index contributed by atoms with van der Waals surface area (Å²) in [4.78, 5) is 12.7. The van der Waals surface area contributed by atoms with Crippen molar-refractivity contribution >= 4 is 17.5 Å². The average Bonchev–Trinajstić information content (AvgIpc) is 2.27. The Hall–Kier alpha value is -1.43. The summed E-state index contributed by atoms with van der Waals surface area (Å²) in [6.45, 7) is -0.871. The summed E-state index contributed by atoms with van der Waals surface area (Å²) in [5.41, 5.74) is -0.234. The van der Waals surface area contributed by atoms with Crippen molar-refractivity contribution in [3.8, 4) is 5.75 Å². The Labute approximate surface area is 107 Å². The fourth-order valence-corrected chi connectivity index (χ4v) is 1.60. The van der Waals surface area contributed by atoms with Crippen LogP contribution in [0.2, 0.25) is 0 Å². The van der Waals surface area contributed by atoms with Gasteiger partial charge in [-0.25, -0.2) is 13.2 Å². The first-order valence-electron chi connectivity index (χ1n) is 5.07. The van der Waals surface area contributed by atoms with E-state index >= 15 is 0 Å². The van der Waals surface area contributed by atoms with E-state index in [1.54, 1.807) is 0 Å². The molecule has 0 aliphatic rings. The lowest BCUT2D eigenvalue weighted by Crippen LogP contribution is -2.36. The van der Waals surface area contributed by atoms with Gasteiger partial charge < -0.3 is 10.0 Å². The molecule has 1 N–H and O–H groups in total. The van der Waals surface area contributed by atoms with E-state index in [4.69, 9.17) is 11.6 Å². The largest absolute Gasteiger partial charge is 0.507 e. The molecule has 1 rings (SSSR count). The SMILES string of the molecule is O=C(c1ccc(F)cc1O)N(CCCl)CC(F)F. The minimum absolute atomic E-state index is 0.0135. The minimum Gasteiger partial charge on any atom is -0.507 e. The molecule has 18 heavy (non-hydrogen) atoms. The Morgan fingerprint density at radius 2 is 2.11 bits per heavy atom. The normalized spacial score (nSPS) is 10.7. The highest BCUT2D eigenvalue weighted by atomic mass is 35.5. The van der Waals surface area contributed by atoms with Crippen molar-refractivity contribution in [2.45, 2.75) is 6.43 Å². The zero-order chi connectivity index (χ0) is 13.7. The molecule has 0 radical (unpaired) electrons. The number of halogens is 4. The number of phenolic OH excluding ortho intramolecular Hbond substituents is 1. The third kappa shape index (κ3) is 3.80. The van der Waals surface area contributed by atoms with E-state index in [1.807, 2.05) is 0 Å². The first kappa shape index (κ1) is 14.6. The number of phenols is 1.